The molecule has 4 nitrogen and oxygen atoms in total. The van der Waals surface area contributed by atoms with Gasteiger partial charge in [0.15, 0.2) is 12.4 Å². The number of hydrogen-bond donors (Lipinski definition) is 1. The summed E-state index contributed by atoms with van der Waals surface area (Å²) in [6.07, 6.45) is 0. The average molecular weight is 159 g/mol. The van der Waals surface area contributed by atoms with Gasteiger partial charge in [-0.2, -0.15) is 0 Å². The Bertz CT molecular complexity index is 281. The second-order valence-electron chi connectivity index (χ2n) is 1.95. The lowest BCUT2D eigenvalue weighted by molar-refractivity contribution is 0.0689. The molecule has 11 heavy (non-hydrogen) atoms. The van der Waals surface area contributed by atoms with Gasteiger partial charge < -0.3 is 9.52 Å². The van der Waals surface area contributed by atoms with Crippen LogP contribution < -0.4 is 0 Å². The van der Waals surface area contributed by atoms with Crippen LogP contribution in [0.1, 0.15) is 22.1 Å². The molecule has 0 aliphatic rings. The van der Waals surface area contributed by atoms with Gasteiger partial charge in [0, 0.05) is 0 Å². The molecule has 1 N–H and O–H groups in total. The molecule has 0 aliphatic carbocycles. The first-order valence-corrected chi connectivity index (χ1v) is 2.90. The average Bonchev–Trinajstić information content (AvgIpc) is 2.30. The number of carbonyl (C=O) groups is 1. The van der Waals surface area contributed by atoms with Crippen LogP contribution in [0.2, 0.25) is 0 Å². The van der Waals surface area contributed by atoms with Gasteiger partial charge in [0.1, 0.15) is 5.76 Å². The molecular formula is C6H6FNO3. The molecule has 0 radical (unpaired) electrons. The Morgan fingerprint density at radius 1 is 1.82 bits per heavy atom. The highest BCUT2D eigenvalue weighted by Gasteiger charge is 2.14. The smallest absolute Gasteiger partial charge is 0.358 e. The lowest BCUT2D eigenvalue weighted by Gasteiger charge is -1.82. The molecule has 0 bridgehead atoms. The van der Waals surface area contributed by atoms with E-state index in [-0.39, 0.29) is 17.3 Å². The van der Waals surface area contributed by atoms with Crippen LogP contribution in [0.5, 0.6) is 0 Å². The molecule has 0 saturated heterocycles. The Labute approximate surface area is 61.7 Å². The molecule has 0 fully saturated rings. The Morgan fingerprint density at radius 2 is 2.45 bits per heavy atom. The third kappa shape index (κ3) is 1.36. The van der Waals surface area contributed by atoms with E-state index in [1.807, 2.05) is 0 Å². The molecule has 0 aromatic carbocycles. The fourth-order valence-corrected chi connectivity index (χ4v) is 0.707. The van der Waals surface area contributed by atoms with Crippen molar-refractivity contribution in [1.82, 2.24) is 4.98 Å². The van der Waals surface area contributed by atoms with Gasteiger partial charge in [-0.25, -0.2) is 14.2 Å². The predicted molar refractivity (Wildman–Crippen MR) is 33.0 cm³/mol. The lowest BCUT2D eigenvalue weighted by Crippen LogP contribution is -1.98. The molecule has 1 heterocycles. The maximum atomic E-state index is 11.8. The van der Waals surface area contributed by atoms with Crippen LogP contribution in [0.4, 0.5) is 4.39 Å². The minimum Gasteiger partial charge on any atom is -0.476 e. The van der Waals surface area contributed by atoms with Gasteiger partial charge in [-0.1, -0.05) is 0 Å². The van der Waals surface area contributed by atoms with Crippen molar-refractivity contribution in [2.45, 2.75) is 13.6 Å². The highest BCUT2D eigenvalue weighted by atomic mass is 19.1. The van der Waals surface area contributed by atoms with E-state index in [9.17, 15) is 9.18 Å². The van der Waals surface area contributed by atoms with Crippen molar-refractivity contribution in [3.05, 3.63) is 17.3 Å². The van der Waals surface area contributed by atoms with Crippen LogP contribution in [0.15, 0.2) is 4.42 Å². The van der Waals surface area contributed by atoms with E-state index in [2.05, 4.69) is 9.40 Å². The van der Waals surface area contributed by atoms with Gasteiger partial charge in [0.2, 0.25) is 5.89 Å². The van der Waals surface area contributed by atoms with E-state index in [0.29, 0.717) is 0 Å². The zero-order valence-corrected chi connectivity index (χ0v) is 5.80. The Hall–Kier alpha value is -1.39. The molecule has 0 spiro atoms. The summed E-state index contributed by atoms with van der Waals surface area (Å²) in [5.41, 5.74) is -0.224. The zero-order valence-electron chi connectivity index (χ0n) is 5.80. The first kappa shape index (κ1) is 7.71. The monoisotopic (exact) mass is 159 g/mol. The number of rotatable bonds is 2. The van der Waals surface area contributed by atoms with Crippen molar-refractivity contribution in [2.24, 2.45) is 0 Å². The van der Waals surface area contributed by atoms with Crippen LogP contribution >= 0.6 is 0 Å². The molecule has 5 heteroatoms. The standard InChI is InChI=1S/C6H6FNO3/c1-3-5(6(9)10)8-4(2-7)11-3/h2H2,1H3,(H,9,10). The largest absolute Gasteiger partial charge is 0.476 e. The van der Waals surface area contributed by atoms with Crippen molar-refractivity contribution < 1.29 is 18.7 Å². The number of nitrogens with zero attached hydrogens (tertiary/aromatic N) is 1. The highest BCUT2D eigenvalue weighted by molar-refractivity contribution is 5.86. The summed E-state index contributed by atoms with van der Waals surface area (Å²) in [6.45, 7) is 0.545. The van der Waals surface area contributed by atoms with Gasteiger partial charge in [-0.15, -0.1) is 0 Å². The molecule has 0 saturated carbocycles. The van der Waals surface area contributed by atoms with Crippen molar-refractivity contribution in [3.63, 3.8) is 0 Å². The first-order chi connectivity index (χ1) is 5.15. The number of oxazole rings is 1. The molecular weight excluding hydrogens is 153 g/mol. The number of aryl methyl sites for hydroxylation is 1. The second kappa shape index (κ2) is 2.69. The molecule has 0 atom stereocenters. The third-order valence-corrected chi connectivity index (χ3v) is 1.16. The van der Waals surface area contributed by atoms with Gasteiger partial charge in [-0.05, 0) is 6.92 Å². The SMILES string of the molecule is Cc1oc(CF)nc1C(=O)O. The van der Waals surface area contributed by atoms with E-state index in [4.69, 9.17) is 5.11 Å². The molecule has 1 aromatic heterocycles. The summed E-state index contributed by atoms with van der Waals surface area (Å²) in [5, 5.41) is 8.43. The molecule has 0 aliphatic heterocycles. The van der Waals surface area contributed by atoms with Crippen LogP contribution in [0, 0.1) is 6.92 Å². The number of hydrogen-bond acceptors (Lipinski definition) is 3. The normalized spacial score (nSPS) is 10.0. The number of halogens is 1. The van der Waals surface area contributed by atoms with Crippen LogP contribution in [-0.2, 0) is 6.67 Å². The van der Waals surface area contributed by atoms with Crippen molar-refractivity contribution >= 4 is 5.97 Å². The van der Waals surface area contributed by atoms with Gasteiger partial charge in [0.05, 0.1) is 0 Å². The van der Waals surface area contributed by atoms with E-state index < -0.39 is 12.6 Å². The summed E-state index contributed by atoms with van der Waals surface area (Å²) in [7, 11) is 0. The molecule has 1 aromatic rings. The molecule has 60 valence electrons. The zero-order chi connectivity index (χ0) is 8.43. The Kier molecular flexibility index (Phi) is 1.89. The molecule has 0 amide bonds. The summed E-state index contributed by atoms with van der Waals surface area (Å²) < 4.78 is 16.5. The predicted octanol–water partition coefficient (Wildman–Crippen LogP) is 1.15. The fraction of sp³-hybridized carbons (Fsp3) is 0.333. The van der Waals surface area contributed by atoms with E-state index >= 15 is 0 Å². The quantitative estimate of drug-likeness (QED) is 0.702. The van der Waals surface area contributed by atoms with E-state index in [0.717, 1.165) is 0 Å². The van der Waals surface area contributed by atoms with E-state index in [1.54, 1.807) is 0 Å². The summed E-state index contributed by atoms with van der Waals surface area (Å²) in [6, 6.07) is 0. The summed E-state index contributed by atoms with van der Waals surface area (Å²) in [4.78, 5) is 13.7. The number of carboxylic acids is 1. The van der Waals surface area contributed by atoms with E-state index in [1.165, 1.54) is 6.92 Å². The number of aromatic nitrogens is 1. The van der Waals surface area contributed by atoms with Crippen LogP contribution in [-0.4, -0.2) is 16.1 Å². The fourth-order valence-electron chi connectivity index (χ4n) is 0.707. The number of alkyl halides is 1. The topological polar surface area (TPSA) is 63.3 Å². The Morgan fingerprint density at radius 3 is 2.73 bits per heavy atom. The third-order valence-electron chi connectivity index (χ3n) is 1.16. The summed E-state index contributed by atoms with van der Waals surface area (Å²) >= 11 is 0. The van der Waals surface area contributed by atoms with Gasteiger partial charge >= 0.3 is 5.97 Å². The van der Waals surface area contributed by atoms with Crippen LogP contribution in [0.3, 0.4) is 0 Å². The number of carboxylic acid groups (broad SMARTS) is 1. The first-order valence-electron chi connectivity index (χ1n) is 2.90. The van der Waals surface area contributed by atoms with Crippen molar-refractivity contribution in [3.8, 4) is 0 Å². The van der Waals surface area contributed by atoms with Crippen LogP contribution in [0.25, 0.3) is 0 Å². The van der Waals surface area contributed by atoms with Crippen molar-refractivity contribution in [1.29, 1.82) is 0 Å². The summed E-state index contributed by atoms with van der Waals surface area (Å²) in [5.74, 6) is -1.27. The Balaban J connectivity index is 3.07. The van der Waals surface area contributed by atoms with Gasteiger partial charge in [-0.3, -0.25) is 0 Å². The maximum Gasteiger partial charge on any atom is 0.358 e. The maximum absolute atomic E-state index is 11.8. The second-order valence-corrected chi connectivity index (χ2v) is 1.95. The minimum absolute atomic E-state index is 0.130. The minimum atomic E-state index is -1.20. The highest BCUT2D eigenvalue weighted by Crippen LogP contribution is 2.10. The van der Waals surface area contributed by atoms with Crippen molar-refractivity contribution in [2.75, 3.05) is 0 Å². The lowest BCUT2D eigenvalue weighted by atomic mass is 10.4. The molecule has 0 unspecified atom stereocenters. The van der Waals surface area contributed by atoms with Gasteiger partial charge in [0.25, 0.3) is 0 Å². The number of aromatic carboxylic acids is 1. The molecule has 1 rings (SSSR count).